The Hall–Kier alpha value is -1.35. The number of hydrogen-bond donors (Lipinski definition) is 0. The van der Waals surface area contributed by atoms with Crippen molar-refractivity contribution in [3.05, 3.63) is 41.0 Å². The molecule has 0 fully saturated rings. The lowest BCUT2D eigenvalue weighted by molar-refractivity contribution is 0.542. The first-order chi connectivity index (χ1) is 6.66. The quantitative estimate of drug-likeness (QED) is 0.722. The van der Waals surface area contributed by atoms with Gasteiger partial charge in [-0.15, -0.1) is 0 Å². The van der Waals surface area contributed by atoms with Crippen molar-refractivity contribution < 1.29 is 8.81 Å². The molecule has 0 radical (unpaired) electrons. The lowest BCUT2D eigenvalue weighted by Crippen LogP contribution is -1.80. The highest BCUT2D eigenvalue weighted by atomic mass is 35.5. The van der Waals surface area contributed by atoms with Gasteiger partial charge in [-0.05, 0) is 25.1 Å². The van der Waals surface area contributed by atoms with Crippen LogP contribution in [0.3, 0.4) is 0 Å². The summed E-state index contributed by atoms with van der Waals surface area (Å²) < 4.78 is 18.1. The Kier molecular flexibility index (Phi) is 2.25. The fourth-order valence-corrected chi connectivity index (χ4v) is 1.30. The number of hydrogen-bond acceptors (Lipinski definition) is 2. The molecule has 0 atom stereocenters. The highest BCUT2D eigenvalue weighted by molar-refractivity contribution is 6.31. The number of halogens is 2. The lowest BCUT2D eigenvalue weighted by atomic mass is 10.2. The van der Waals surface area contributed by atoms with Crippen LogP contribution in [0.25, 0.3) is 11.5 Å². The van der Waals surface area contributed by atoms with Crippen molar-refractivity contribution in [2.24, 2.45) is 0 Å². The average molecular weight is 212 g/mol. The first-order valence-corrected chi connectivity index (χ1v) is 4.42. The number of oxazole rings is 1. The van der Waals surface area contributed by atoms with Crippen molar-refractivity contribution in [1.29, 1.82) is 0 Å². The van der Waals surface area contributed by atoms with Crippen molar-refractivity contribution in [1.82, 2.24) is 4.98 Å². The third-order valence-electron chi connectivity index (χ3n) is 1.79. The van der Waals surface area contributed by atoms with E-state index in [1.807, 2.05) is 0 Å². The zero-order valence-electron chi connectivity index (χ0n) is 7.42. The van der Waals surface area contributed by atoms with E-state index in [0.29, 0.717) is 17.2 Å². The topological polar surface area (TPSA) is 26.0 Å². The first-order valence-electron chi connectivity index (χ1n) is 4.04. The Labute approximate surface area is 85.3 Å². The Morgan fingerprint density at radius 2 is 2.21 bits per heavy atom. The van der Waals surface area contributed by atoms with Gasteiger partial charge in [-0.1, -0.05) is 11.6 Å². The minimum absolute atomic E-state index is 0.0679. The van der Waals surface area contributed by atoms with Gasteiger partial charge in [0.1, 0.15) is 11.6 Å². The fraction of sp³-hybridized carbons (Fsp3) is 0.100. The normalized spacial score (nSPS) is 10.5. The van der Waals surface area contributed by atoms with Crippen LogP contribution in [0, 0.1) is 12.7 Å². The van der Waals surface area contributed by atoms with Crippen molar-refractivity contribution in [2.75, 3.05) is 0 Å². The van der Waals surface area contributed by atoms with Gasteiger partial charge in [0.2, 0.25) is 5.89 Å². The molecule has 14 heavy (non-hydrogen) atoms. The summed E-state index contributed by atoms with van der Waals surface area (Å²) in [4.78, 5) is 4.01. The first kappa shape index (κ1) is 9.21. The van der Waals surface area contributed by atoms with Gasteiger partial charge in [0.15, 0.2) is 0 Å². The van der Waals surface area contributed by atoms with Crippen molar-refractivity contribution in [2.45, 2.75) is 6.92 Å². The maximum atomic E-state index is 12.8. The van der Waals surface area contributed by atoms with E-state index < -0.39 is 5.82 Å². The summed E-state index contributed by atoms with van der Waals surface area (Å²) in [5.41, 5.74) is 0.671. The number of benzene rings is 1. The predicted molar refractivity (Wildman–Crippen MR) is 51.6 cm³/mol. The van der Waals surface area contributed by atoms with Gasteiger partial charge in [0.25, 0.3) is 0 Å². The van der Waals surface area contributed by atoms with Gasteiger partial charge in [-0.25, -0.2) is 9.37 Å². The predicted octanol–water partition coefficient (Wildman–Crippen LogP) is 3.44. The molecule has 1 aromatic carbocycles. The largest absolute Gasteiger partial charge is 0.441 e. The van der Waals surface area contributed by atoms with Gasteiger partial charge >= 0.3 is 0 Å². The van der Waals surface area contributed by atoms with E-state index in [1.54, 1.807) is 19.2 Å². The number of nitrogens with zero attached hydrogens (tertiary/aromatic N) is 1. The molecule has 0 unspecified atom stereocenters. The summed E-state index contributed by atoms with van der Waals surface area (Å²) in [5.74, 6) is 0.712. The summed E-state index contributed by atoms with van der Waals surface area (Å²) in [7, 11) is 0. The van der Waals surface area contributed by atoms with E-state index in [4.69, 9.17) is 16.0 Å². The molecule has 0 aliphatic carbocycles. The molecule has 4 heteroatoms. The zero-order chi connectivity index (χ0) is 10.1. The van der Waals surface area contributed by atoms with Crippen LogP contribution < -0.4 is 0 Å². The second-order valence-corrected chi connectivity index (χ2v) is 3.31. The van der Waals surface area contributed by atoms with Crippen LogP contribution in [0.1, 0.15) is 5.76 Å². The van der Waals surface area contributed by atoms with E-state index >= 15 is 0 Å². The average Bonchev–Trinajstić information content (AvgIpc) is 2.57. The standard InChI is InChI=1S/C10H7ClFNO/c1-6-5-13-10(14-6)7-2-3-9(12)8(11)4-7/h2-5H,1H3. The van der Waals surface area contributed by atoms with Crippen LogP contribution in [0.4, 0.5) is 4.39 Å². The maximum Gasteiger partial charge on any atom is 0.226 e. The van der Waals surface area contributed by atoms with Gasteiger partial charge in [0.05, 0.1) is 11.2 Å². The van der Waals surface area contributed by atoms with Gasteiger partial charge in [0, 0.05) is 5.56 Å². The van der Waals surface area contributed by atoms with Crippen LogP contribution in [0.15, 0.2) is 28.8 Å². The van der Waals surface area contributed by atoms with Crippen LogP contribution in [-0.4, -0.2) is 4.98 Å². The second-order valence-electron chi connectivity index (χ2n) is 2.90. The Balaban J connectivity index is 2.47. The molecular formula is C10H7ClFNO. The summed E-state index contributed by atoms with van der Waals surface area (Å²) in [6.07, 6.45) is 1.60. The molecule has 1 aromatic heterocycles. The van der Waals surface area contributed by atoms with E-state index in [-0.39, 0.29) is 5.02 Å². The molecule has 1 heterocycles. The van der Waals surface area contributed by atoms with E-state index in [2.05, 4.69) is 4.98 Å². The molecule has 0 spiro atoms. The molecular weight excluding hydrogens is 205 g/mol. The minimum atomic E-state index is -0.446. The maximum absolute atomic E-state index is 12.8. The number of aromatic nitrogens is 1. The Morgan fingerprint density at radius 1 is 1.43 bits per heavy atom. The van der Waals surface area contributed by atoms with Crippen LogP contribution in [-0.2, 0) is 0 Å². The molecule has 2 aromatic rings. The third kappa shape index (κ3) is 1.63. The molecule has 0 amide bonds. The van der Waals surface area contributed by atoms with Crippen molar-refractivity contribution in [3.8, 4) is 11.5 Å². The Bertz CT molecular complexity index is 467. The lowest BCUT2D eigenvalue weighted by Gasteiger charge is -1.97. The van der Waals surface area contributed by atoms with Crippen LogP contribution in [0.2, 0.25) is 5.02 Å². The fourth-order valence-electron chi connectivity index (χ4n) is 1.12. The molecule has 0 aliphatic heterocycles. The number of aryl methyl sites for hydroxylation is 1. The van der Waals surface area contributed by atoms with Crippen molar-refractivity contribution >= 4 is 11.6 Å². The van der Waals surface area contributed by atoms with Crippen molar-refractivity contribution in [3.63, 3.8) is 0 Å². The van der Waals surface area contributed by atoms with E-state index in [9.17, 15) is 4.39 Å². The summed E-state index contributed by atoms with van der Waals surface area (Å²) in [6, 6.07) is 4.35. The van der Waals surface area contributed by atoms with Crippen LogP contribution >= 0.6 is 11.6 Å². The molecule has 2 rings (SSSR count). The second kappa shape index (κ2) is 3.42. The molecule has 0 bridgehead atoms. The molecule has 0 N–H and O–H groups in total. The molecule has 72 valence electrons. The van der Waals surface area contributed by atoms with Gasteiger partial charge < -0.3 is 4.42 Å². The van der Waals surface area contributed by atoms with Gasteiger partial charge in [-0.3, -0.25) is 0 Å². The van der Waals surface area contributed by atoms with Crippen LogP contribution in [0.5, 0.6) is 0 Å². The summed E-state index contributed by atoms with van der Waals surface area (Å²) in [5, 5.41) is 0.0679. The van der Waals surface area contributed by atoms with Gasteiger partial charge in [-0.2, -0.15) is 0 Å². The minimum Gasteiger partial charge on any atom is -0.441 e. The highest BCUT2D eigenvalue weighted by Gasteiger charge is 2.07. The van der Waals surface area contributed by atoms with E-state index in [0.717, 1.165) is 0 Å². The SMILES string of the molecule is Cc1cnc(-c2ccc(F)c(Cl)c2)o1. The monoisotopic (exact) mass is 211 g/mol. The smallest absolute Gasteiger partial charge is 0.226 e. The highest BCUT2D eigenvalue weighted by Crippen LogP contribution is 2.24. The van der Waals surface area contributed by atoms with E-state index in [1.165, 1.54) is 12.1 Å². The molecule has 0 saturated heterocycles. The molecule has 0 aliphatic rings. The molecule has 2 nitrogen and oxygen atoms in total. The molecule has 0 saturated carbocycles. The summed E-state index contributed by atoms with van der Waals surface area (Å²) >= 11 is 5.63. The summed E-state index contributed by atoms with van der Waals surface area (Å²) in [6.45, 7) is 1.79. The number of rotatable bonds is 1. The zero-order valence-corrected chi connectivity index (χ0v) is 8.18. The third-order valence-corrected chi connectivity index (χ3v) is 2.08. The Morgan fingerprint density at radius 3 is 2.79 bits per heavy atom.